The Bertz CT molecular complexity index is 387. The van der Waals surface area contributed by atoms with Gasteiger partial charge < -0.3 is 4.57 Å². The van der Waals surface area contributed by atoms with Gasteiger partial charge in [0, 0.05) is 19.3 Å². The zero-order chi connectivity index (χ0) is 10.6. The Balaban J connectivity index is 2.46. The van der Waals surface area contributed by atoms with Crippen molar-refractivity contribution < 1.29 is 8.42 Å². The van der Waals surface area contributed by atoms with E-state index in [2.05, 4.69) is 9.71 Å². The molecule has 0 aliphatic carbocycles. The summed E-state index contributed by atoms with van der Waals surface area (Å²) >= 11 is 5.64. The molecule has 1 rings (SSSR count). The van der Waals surface area contributed by atoms with Crippen LogP contribution in [0.3, 0.4) is 0 Å². The van der Waals surface area contributed by atoms with Crippen LogP contribution in [0.25, 0.3) is 0 Å². The quantitative estimate of drug-likeness (QED) is 0.743. The highest BCUT2D eigenvalue weighted by Crippen LogP contribution is 2.02. The normalized spacial score (nSPS) is 11.9. The van der Waals surface area contributed by atoms with Crippen LogP contribution < -0.4 is 4.72 Å². The predicted molar refractivity (Wildman–Crippen MR) is 54.6 cm³/mol. The lowest BCUT2D eigenvalue weighted by Gasteiger charge is -2.05. The van der Waals surface area contributed by atoms with Crippen molar-refractivity contribution in [2.24, 2.45) is 0 Å². The number of halogens is 1. The van der Waals surface area contributed by atoms with Crippen LogP contribution in [0.5, 0.6) is 0 Å². The molecule has 80 valence electrons. The summed E-state index contributed by atoms with van der Waals surface area (Å²) in [6, 6.07) is 0. The molecule has 0 aromatic carbocycles. The average molecular weight is 238 g/mol. The maximum Gasteiger partial charge on any atom is 0.208 e. The average Bonchev–Trinajstić information content (AvgIpc) is 2.49. The molecule has 0 aliphatic heterocycles. The molecule has 0 spiro atoms. The van der Waals surface area contributed by atoms with E-state index in [-0.39, 0.29) is 0 Å². The minimum Gasteiger partial charge on any atom is -0.332 e. The Hall–Kier alpha value is -0.590. The van der Waals surface area contributed by atoms with Crippen molar-refractivity contribution in [3.05, 3.63) is 18.2 Å². The zero-order valence-electron chi connectivity index (χ0n) is 7.77. The van der Waals surface area contributed by atoms with Gasteiger partial charge in [0.2, 0.25) is 10.0 Å². The minimum atomic E-state index is -3.11. The molecule has 5 nitrogen and oxygen atoms in total. The number of aromatic nitrogens is 2. The zero-order valence-corrected chi connectivity index (χ0v) is 9.35. The molecule has 0 atom stereocenters. The number of hydrogen-bond acceptors (Lipinski definition) is 3. The van der Waals surface area contributed by atoms with Crippen molar-refractivity contribution in [2.45, 2.75) is 12.4 Å². The van der Waals surface area contributed by atoms with Crippen molar-refractivity contribution in [1.82, 2.24) is 14.3 Å². The molecule has 1 heterocycles. The highest BCUT2D eigenvalue weighted by molar-refractivity contribution is 7.88. The smallest absolute Gasteiger partial charge is 0.208 e. The van der Waals surface area contributed by atoms with Gasteiger partial charge in [-0.05, 0) is 0 Å². The number of sulfonamides is 1. The lowest BCUT2D eigenvalue weighted by Crippen LogP contribution is -2.26. The molecule has 1 aromatic rings. The lowest BCUT2D eigenvalue weighted by molar-refractivity contribution is 0.576. The maximum atomic E-state index is 10.8. The van der Waals surface area contributed by atoms with E-state index in [1.807, 2.05) is 4.57 Å². The Morgan fingerprint density at radius 2 is 2.36 bits per heavy atom. The van der Waals surface area contributed by atoms with E-state index in [1.165, 1.54) is 0 Å². The third kappa shape index (κ3) is 3.65. The van der Waals surface area contributed by atoms with Gasteiger partial charge in [-0.15, -0.1) is 11.6 Å². The number of hydrogen-bond donors (Lipinski definition) is 1. The SMILES string of the molecule is CS(=O)(=O)NCCn1cncc1CCl. The largest absolute Gasteiger partial charge is 0.332 e. The summed E-state index contributed by atoms with van der Waals surface area (Å²) in [5, 5.41) is 0. The molecule has 0 amide bonds. The van der Waals surface area contributed by atoms with Gasteiger partial charge >= 0.3 is 0 Å². The second-order valence-corrected chi connectivity index (χ2v) is 4.98. The summed E-state index contributed by atoms with van der Waals surface area (Å²) in [5.74, 6) is 0.374. The van der Waals surface area contributed by atoms with Crippen LogP contribution in [0, 0.1) is 0 Å². The van der Waals surface area contributed by atoms with Crippen LogP contribution in [0.2, 0.25) is 0 Å². The van der Waals surface area contributed by atoms with Gasteiger partial charge in [0.15, 0.2) is 0 Å². The molecule has 7 heteroatoms. The Morgan fingerprint density at radius 1 is 1.64 bits per heavy atom. The summed E-state index contributed by atoms with van der Waals surface area (Å²) in [5.41, 5.74) is 0.877. The van der Waals surface area contributed by atoms with Gasteiger partial charge in [0.05, 0.1) is 24.2 Å². The second kappa shape index (κ2) is 4.77. The van der Waals surface area contributed by atoms with Crippen LogP contribution in [-0.2, 0) is 22.4 Å². The summed E-state index contributed by atoms with van der Waals surface area (Å²) in [6.07, 6.45) is 4.42. The molecular formula is C7H12ClN3O2S. The Kier molecular flexibility index (Phi) is 3.91. The summed E-state index contributed by atoms with van der Waals surface area (Å²) < 4.78 is 25.7. The monoisotopic (exact) mass is 237 g/mol. The second-order valence-electron chi connectivity index (χ2n) is 2.88. The topological polar surface area (TPSA) is 64.0 Å². The van der Waals surface area contributed by atoms with E-state index in [4.69, 9.17) is 11.6 Å². The van der Waals surface area contributed by atoms with Crippen molar-refractivity contribution in [3.8, 4) is 0 Å². The molecule has 1 N–H and O–H groups in total. The van der Waals surface area contributed by atoms with E-state index < -0.39 is 10.0 Å². The number of nitrogens with zero attached hydrogens (tertiary/aromatic N) is 2. The Labute approximate surface area is 88.1 Å². The van der Waals surface area contributed by atoms with Crippen LogP contribution in [0.15, 0.2) is 12.5 Å². The van der Waals surface area contributed by atoms with Gasteiger partial charge in [-0.2, -0.15) is 0 Å². The fraction of sp³-hybridized carbons (Fsp3) is 0.571. The molecular weight excluding hydrogens is 226 g/mol. The molecule has 0 aliphatic rings. The predicted octanol–water partition coefficient (Wildman–Crippen LogP) is 0.171. The minimum absolute atomic E-state index is 0.346. The maximum absolute atomic E-state index is 10.8. The standard InChI is InChI=1S/C7H12ClN3O2S/c1-14(12,13)10-2-3-11-6-9-5-7(11)4-8/h5-6,10H,2-4H2,1H3. The van der Waals surface area contributed by atoms with Gasteiger partial charge in [-0.25, -0.2) is 18.1 Å². The summed E-state index contributed by atoms with van der Waals surface area (Å²) in [4.78, 5) is 3.91. The van der Waals surface area contributed by atoms with Crippen molar-refractivity contribution in [3.63, 3.8) is 0 Å². The van der Waals surface area contributed by atoms with Crippen molar-refractivity contribution >= 4 is 21.6 Å². The molecule has 0 unspecified atom stereocenters. The van der Waals surface area contributed by atoms with Gasteiger partial charge in [0.25, 0.3) is 0 Å². The van der Waals surface area contributed by atoms with Crippen molar-refractivity contribution in [1.29, 1.82) is 0 Å². The van der Waals surface area contributed by atoms with Crippen molar-refractivity contribution in [2.75, 3.05) is 12.8 Å². The first kappa shape index (κ1) is 11.5. The Morgan fingerprint density at radius 3 is 2.93 bits per heavy atom. The fourth-order valence-corrected chi connectivity index (χ4v) is 1.70. The first-order valence-corrected chi connectivity index (χ1v) is 6.45. The third-order valence-electron chi connectivity index (χ3n) is 1.65. The molecule has 0 saturated heterocycles. The molecule has 0 bridgehead atoms. The number of nitrogens with one attached hydrogen (secondary N) is 1. The van der Waals surface area contributed by atoms with Crippen LogP contribution in [0.4, 0.5) is 0 Å². The van der Waals surface area contributed by atoms with Crippen LogP contribution in [-0.4, -0.2) is 30.8 Å². The van der Waals surface area contributed by atoms with E-state index in [9.17, 15) is 8.42 Å². The van der Waals surface area contributed by atoms with Crippen LogP contribution in [0.1, 0.15) is 5.69 Å². The molecule has 0 radical (unpaired) electrons. The fourth-order valence-electron chi connectivity index (χ4n) is 1.01. The van der Waals surface area contributed by atoms with E-state index >= 15 is 0 Å². The molecule has 0 saturated carbocycles. The summed E-state index contributed by atoms with van der Waals surface area (Å²) in [6.45, 7) is 0.883. The van der Waals surface area contributed by atoms with E-state index in [0.29, 0.717) is 19.0 Å². The highest BCUT2D eigenvalue weighted by atomic mass is 35.5. The van der Waals surface area contributed by atoms with Crippen LogP contribution >= 0.6 is 11.6 Å². The third-order valence-corrected chi connectivity index (χ3v) is 2.65. The molecule has 14 heavy (non-hydrogen) atoms. The van der Waals surface area contributed by atoms with E-state index in [0.717, 1.165) is 11.9 Å². The first-order chi connectivity index (χ1) is 6.53. The van der Waals surface area contributed by atoms with Gasteiger partial charge in [0.1, 0.15) is 0 Å². The number of rotatable bonds is 5. The van der Waals surface area contributed by atoms with Gasteiger partial charge in [-0.1, -0.05) is 0 Å². The summed E-state index contributed by atoms with van der Waals surface area (Å²) in [7, 11) is -3.11. The first-order valence-electron chi connectivity index (χ1n) is 4.02. The number of alkyl halides is 1. The number of imidazole rings is 1. The molecule has 1 aromatic heterocycles. The highest BCUT2D eigenvalue weighted by Gasteiger charge is 2.02. The van der Waals surface area contributed by atoms with E-state index in [1.54, 1.807) is 12.5 Å². The molecule has 0 fully saturated rings. The van der Waals surface area contributed by atoms with Gasteiger partial charge in [-0.3, -0.25) is 0 Å². The lowest BCUT2D eigenvalue weighted by atomic mass is 10.5.